The zero-order chi connectivity index (χ0) is 14.4. The maximum atomic E-state index is 12.3. The quantitative estimate of drug-likeness (QED) is 0.742. The highest BCUT2D eigenvalue weighted by Gasteiger charge is 2.16. The molecule has 2 heterocycles. The fourth-order valence-electron chi connectivity index (χ4n) is 1.76. The predicted molar refractivity (Wildman–Crippen MR) is 75.3 cm³/mol. The number of aromatic nitrogens is 4. The highest BCUT2D eigenvalue weighted by molar-refractivity contribution is 5.99. The van der Waals surface area contributed by atoms with Gasteiger partial charge in [0, 0.05) is 12.7 Å². The average molecular weight is 274 g/mol. The number of anilines is 1. The number of aromatic amines is 1. The highest BCUT2D eigenvalue weighted by Crippen LogP contribution is 2.15. The van der Waals surface area contributed by atoms with E-state index in [0.29, 0.717) is 11.4 Å². The van der Waals surface area contributed by atoms with Crippen LogP contribution in [0.1, 0.15) is 42.5 Å². The van der Waals surface area contributed by atoms with Crippen molar-refractivity contribution in [2.75, 3.05) is 11.9 Å². The molecule has 1 unspecified atom stereocenters. The highest BCUT2D eigenvalue weighted by atomic mass is 16.1. The van der Waals surface area contributed by atoms with E-state index in [2.05, 4.69) is 37.7 Å². The van der Waals surface area contributed by atoms with E-state index >= 15 is 0 Å². The van der Waals surface area contributed by atoms with Gasteiger partial charge in [0.25, 0.3) is 5.91 Å². The summed E-state index contributed by atoms with van der Waals surface area (Å²) in [5.74, 6) is 0.449. The molecule has 1 amide bonds. The molecule has 0 radical (unpaired) electrons. The number of pyridine rings is 1. The van der Waals surface area contributed by atoms with Crippen LogP contribution in [0.25, 0.3) is 0 Å². The van der Waals surface area contributed by atoms with E-state index in [1.807, 2.05) is 6.92 Å². The maximum Gasteiger partial charge on any atom is 0.254 e. The fourth-order valence-corrected chi connectivity index (χ4v) is 1.76. The minimum atomic E-state index is -0.239. The van der Waals surface area contributed by atoms with Crippen molar-refractivity contribution in [3.05, 3.63) is 36.2 Å². The average Bonchev–Trinajstić information content (AvgIpc) is 2.99. The first kappa shape index (κ1) is 14.0. The molecule has 0 bridgehead atoms. The summed E-state index contributed by atoms with van der Waals surface area (Å²) >= 11 is 0. The fraction of sp³-hybridized carbons (Fsp3) is 0.385. The number of hydrogen-bond donors (Lipinski definition) is 3. The third kappa shape index (κ3) is 3.31. The number of carbonyl (C=O) groups is 1. The topological polar surface area (TPSA) is 95.6 Å². The van der Waals surface area contributed by atoms with Crippen molar-refractivity contribution in [2.45, 2.75) is 26.3 Å². The molecule has 2 rings (SSSR count). The molecule has 2 aromatic heterocycles. The minimum Gasteiger partial charge on any atom is -0.383 e. The predicted octanol–water partition coefficient (Wildman–Crippen LogP) is 1.51. The Morgan fingerprint density at radius 3 is 3.05 bits per heavy atom. The van der Waals surface area contributed by atoms with Crippen LogP contribution in [0.5, 0.6) is 0 Å². The van der Waals surface area contributed by atoms with Crippen LogP contribution in [0.4, 0.5) is 5.69 Å². The summed E-state index contributed by atoms with van der Waals surface area (Å²) in [7, 11) is 0. The van der Waals surface area contributed by atoms with Crippen molar-refractivity contribution in [1.82, 2.24) is 25.5 Å². The van der Waals surface area contributed by atoms with Crippen LogP contribution in [-0.2, 0) is 0 Å². The zero-order valence-corrected chi connectivity index (χ0v) is 11.6. The van der Waals surface area contributed by atoms with Gasteiger partial charge in [-0.25, -0.2) is 4.98 Å². The van der Waals surface area contributed by atoms with E-state index in [0.717, 1.165) is 18.7 Å². The van der Waals surface area contributed by atoms with Gasteiger partial charge < -0.3 is 10.6 Å². The Morgan fingerprint density at radius 2 is 2.35 bits per heavy atom. The van der Waals surface area contributed by atoms with Crippen molar-refractivity contribution in [3.8, 4) is 0 Å². The second-order valence-electron chi connectivity index (χ2n) is 4.41. The first-order valence-corrected chi connectivity index (χ1v) is 6.56. The number of H-pyrrole nitrogens is 1. The van der Waals surface area contributed by atoms with E-state index in [4.69, 9.17) is 0 Å². The zero-order valence-electron chi connectivity index (χ0n) is 11.6. The van der Waals surface area contributed by atoms with Crippen LogP contribution < -0.4 is 10.6 Å². The molecule has 0 aliphatic rings. The molecule has 7 nitrogen and oxygen atoms in total. The molecule has 0 aliphatic carbocycles. The number of nitrogens with one attached hydrogen (secondary N) is 3. The molecule has 3 N–H and O–H groups in total. The molecule has 20 heavy (non-hydrogen) atoms. The molecular formula is C13H18N6O. The molecule has 1 atom stereocenters. The van der Waals surface area contributed by atoms with Gasteiger partial charge in [-0.1, -0.05) is 6.92 Å². The van der Waals surface area contributed by atoms with Crippen LogP contribution >= 0.6 is 0 Å². The molecular weight excluding hydrogens is 256 g/mol. The molecule has 2 aromatic rings. The largest absolute Gasteiger partial charge is 0.383 e. The Bertz CT molecular complexity index is 554. The van der Waals surface area contributed by atoms with E-state index in [1.54, 1.807) is 18.5 Å². The van der Waals surface area contributed by atoms with Gasteiger partial charge in [0.05, 0.1) is 23.5 Å². The van der Waals surface area contributed by atoms with E-state index < -0.39 is 0 Å². The molecule has 0 saturated heterocycles. The number of amides is 1. The standard InChI is InChI=1S/C13H18N6O/c1-3-5-15-11-7-14-6-4-10(11)13(20)18-9(2)12-16-8-17-19-12/h4,6-9,15H,3,5H2,1-2H3,(H,18,20)(H,16,17,19). The summed E-state index contributed by atoms with van der Waals surface area (Å²) in [5.41, 5.74) is 1.30. The van der Waals surface area contributed by atoms with Gasteiger partial charge in [0.2, 0.25) is 0 Å². The number of nitrogens with zero attached hydrogens (tertiary/aromatic N) is 3. The first-order valence-electron chi connectivity index (χ1n) is 6.56. The number of rotatable bonds is 6. The van der Waals surface area contributed by atoms with Crippen molar-refractivity contribution in [2.24, 2.45) is 0 Å². The lowest BCUT2D eigenvalue weighted by molar-refractivity contribution is 0.0939. The molecule has 7 heteroatoms. The summed E-state index contributed by atoms with van der Waals surface area (Å²) in [6, 6.07) is 1.46. The van der Waals surface area contributed by atoms with Crippen molar-refractivity contribution in [1.29, 1.82) is 0 Å². The Labute approximate surface area is 117 Å². The van der Waals surface area contributed by atoms with Crippen LogP contribution in [0.2, 0.25) is 0 Å². The second kappa shape index (κ2) is 6.65. The van der Waals surface area contributed by atoms with E-state index in [1.165, 1.54) is 6.33 Å². The minimum absolute atomic E-state index is 0.171. The summed E-state index contributed by atoms with van der Waals surface area (Å²) < 4.78 is 0. The van der Waals surface area contributed by atoms with Gasteiger partial charge in [-0.3, -0.25) is 14.9 Å². The maximum absolute atomic E-state index is 12.3. The van der Waals surface area contributed by atoms with E-state index in [9.17, 15) is 4.79 Å². The van der Waals surface area contributed by atoms with Crippen molar-refractivity contribution in [3.63, 3.8) is 0 Å². The first-order chi connectivity index (χ1) is 9.72. The number of hydrogen-bond acceptors (Lipinski definition) is 5. The second-order valence-corrected chi connectivity index (χ2v) is 4.41. The van der Waals surface area contributed by atoms with Gasteiger partial charge in [-0.15, -0.1) is 0 Å². The van der Waals surface area contributed by atoms with Gasteiger partial charge in [0.1, 0.15) is 12.2 Å². The lowest BCUT2D eigenvalue weighted by atomic mass is 10.2. The normalized spacial score (nSPS) is 11.9. The van der Waals surface area contributed by atoms with Gasteiger partial charge in [-0.05, 0) is 19.4 Å². The van der Waals surface area contributed by atoms with Crippen molar-refractivity contribution < 1.29 is 4.79 Å². The van der Waals surface area contributed by atoms with Crippen LogP contribution in [0.3, 0.4) is 0 Å². The van der Waals surface area contributed by atoms with Gasteiger partial charge >= 0.3 is 0 Å². The Morgan fingerprint density at radius 1 is 1.50 bits per heavy atom. The van der Waals surface area contributed by atoms with Gasteiger partial charge in [-0.2, -0.15) is 5.10 Å². The third-order valence-corrected chi connectivity index (χ3v) is 2.82. The SMILES string of the molecule is CCCNc1cnccc1C(=O)NC(C)c1ncn[nH]1. The molecule has 0 fully saturated rings. The molecule has 0 saturated carbocycles. The van der Waals surface area contributed by atoms with E-state index in [-0.39, 0.29) is 11.9 Å². The Kier molecular flexibility index (Phi) is 4.65. The molecule has 0 spiro atoms. The van der Waals surface area contributed by atoms with Crippen molar-refractivity contribution >= 4 is 11.6 Å². The molecule has 0 aliphatic heterocycles. The smallest absolute Gasteiger partial charge is 0.254 e. The summed E-state index contributed by atoms with van der Waals surface area (Å²) in [4.78, 5) is 20.4. The summed E-state index contributed by atoms with van der Waals surface area (Å²) in [6.07, 6.45) is 5.65. The monoisotopic (exact) mass is 274 g/mol. The van der Waals surface area contributed by atoms with Crippen LogP contribution in [-0.4, -0.2) is 32.6 Å². The van der Waals surface area contributed by atoms with Gasteiger partial charge in [0.15, 0.2) is 0 Å². The lowest BCUT2D eigenvalue weighted by Crippen LogP contribution is -2.28. The number of carbonyl (C=O) groups excluding carboxylic acids is 1. The van der Waals surface area contributed by atoms with Crippen LogP contribution in [0, 0.1) is 0 Å². The summed E-state index contributed by atoms with van der Waals surface area (Å²) in [6.45, 7) is 4.71. The lowest BCUT2D eigenvalue weighted by Gasteiger charge is -2.14. The molecule has 106 valence electrons. The van der Waals surface area contributed by atoms with Crippen LogP contribution in [0.15, 0.2) is 24.8 Å². The Balaban J connectivity index is 2.09. The summed E-state index contributed by atoms with van der Waals surface area (Å²) in [5, 5.41) is 12.6. The Hall–Kier alpha value is -2.44. The molecule has 0 aromatic carbocycles. The third-order valence-electron chi connectivity index (χ3n) is 2.82.